The van der Waals surface area contributed by atoms with Crippen molar-refractivity contribution in [1.29, 1.82) is 0 Å². The zero-order valence-corrected chi connectivity index (χ0v) is 15.4. The largest absolute Gasteiger partial charge is 0.494 e. The first kappa shape index (κ1) is 17.7. The summed E-state index contributed by atoms with van der Waals surface area (Å²) in [5, 5.41) is 4.01. The summed E-state index contributed by atoms with van der Waals surface area (Å²) in [6, 6.07) is 6.55. The van der Waals surface area contributed by atoms with E-state index in [9.17, 15) is 9.18 Å². The molecule has 3 unspecified atom stereocenters. The Balaban J connectivity index is 1.96. The quantitative estimate of drug-likeness (QED) is 0.751. The van der Waals surface area contributed by atoms with Crippen molar-refractivity contribution in [1.82, 2.24) is 0 Å². The van der Waals surface area contributed by atoms with Gasteiger partial charge in [-0.1, -0.05) is 12.1 Å². The van der Waals surface area contributed by atoms with Gasteiger partial charge in [0.15, 0.2) is 5.75 Å². The molecule has 1 heterocycles. The number of thiophene rings is 1. The first-order valence-corrected chi connectivity index (χ1v) is 9.17. The number of benzene rings is 1. The molecule has 3 rings (SSSR count). The molecule has 1 saturated carbocycles. The fraction of sp³-hybridized carbons (Fsp3) is 0.421. The Hall–Kier alpha value is -2.08. The maximum atomic E-state index is 13.4. The molecule has 1 aromatic heterocycles. The van der Waals surface area contributed by atoms with E-state index in [2.05, 4.69) is 4.90 Å². The summed E-state index contributed by atoms with van der Waals surface area (Å²) in [6.07, 6.45) is 1.60. The molecule has 1 aromatic carbocycles. The predicted octanol–water partition coefficient (Wildman–Crippen LogP) is 4.07. The average Bonchev–Trinajstić information content (AvgIpc) is 3.28. The number of carbonyl (C=O) groups excluding carboxylic acids is 1. The molecule has 6 heteroatoms. The van der Waals surface area contributed by atoms with Gasteiger partial charge in [0.05, 0.1) is 25.8 Å². The van der Waals surface area contributed by atoms with Crippen LogP contribution >= 0.6 is 11.3 Å². The number of carbonyl (C=O) groups is 1. The van der Waals surface area contributed by atoms with Gasteiger partial charge in [-0.05, 0) is 30.5 Å². The SMILES string of the molecule is COC(=O)C1CCC(N(C)c2cscc2OC)C1c1ccc(F)cc1. The number of methoxy groups -OCH3 is 2. The first-order valence-electron chi connectivity index (χ1n) is 8.23. The number of halogens is 1. The van der Waals surface area contributed by atoms with Crippen molar-refractivity contribution in [3.63, 3.8) is 0 Å². The van der Waals surface area contributed by atoms with Crippen LogP contribution in [0.15, 0.2) is 35.0 Å². The minimum atomic E-state index is -0.277. The van der Waals surface area contributed by atoms with Gasteiger partial charge in [-0.25, -0.2) is 4.39 Å². The maximum Gasteiger partial charge on any atom is 0.309 e. The van der Waals surface area contributed by atoms with Gasteiger partial charge in [0, 0.05) is 29.8 Å². The lowest BCUT2D eigenvalue weighted by atomic mass is 9.86. The van der Waals surface area contributed by atoms with Gasteiger partial charge in [-0.3, -0.25) is 4.79 Å². The highest BCUT2D eigenvalue weighted by Crippen LogP contribution is 2.45. The van der Waals surface area contributed by atoms with E-state index in [0.717, 1.165) is 29.8 Å². The summed E-state index contributed by atoms with van der Waals surface area (Å²) < 4.78 is 23.8. The van der Waals surface area contributed by atoms with Crippen LogP contribution in [0.5, 0.6) is 5.75 Å². The summed E-state index contributed by atoms with van der Waals surface area (Å²) in [5.74, 6) is 0.0605. The van der Waals surface area contributed by atoms with Crippen LogP contribution < -0.4 is 9.64 Å². The van der Waals surface area contributed by atoms with E-state index in [1.807, 2.05) is 17.8 Å². The number of rotatable bonds is 5. The molecule has 1 fully saturated rings. The summed E-state index contributed by atoms with van der Waals surface area (Å²) in [4.78, 5) is 14.5. The highest BCUT2D eigenvalue weighted by molar-refractivity contribution is 7.08. The van der Waals surface area contributed by atoms with Gasteiger partial charge < -0.3 is 14.4 Å². The monoisotopic (exact) mass is 363 g/mol. The lowest BCUT2D eigenvalue weighted by Crippen LogP contribution is -2.36. The second-order valence-electron chi connectivity index (χ2n) is 6.29. The normalized spacial score (nSPS) is 22.6. The van der Waals surface area contributed by atoms with Crippen molar-refractivity contribution in [3.8, 4) is 5.75 Å². The molecule has 2 aromatic rings. The molecule has 4 nitrogen and oxygen atoms in total. The fourth-order valence-electron chi connectivity index (χ4n) is 3.83. The molecule has 0 N–H and O–H groups in total. The number of esters is 1. The standard InChI is InChI=1S/C19H22FNO3S/c1-21(16-10-25-11-17(16)23-2)15-9-8-14(19(22)24-3)18(15)12-4-6-13(20)7-5-12/h4-7,10-11,14-15,18H,8-9H2,1-3H3. The Morgan fingerprint density at radius 2 is 1.92 bits per heavy atom. The van der Waals surface area contributed by atoms with E-state index in [4.69, 9.17) is 9.47 Å². The van der Waals surface area contributed by atoms with Crippen LogP contribution in [-0.2, 0) is 9.53 Å². The summed E-state index contributed by atoms with van der Waals surface area (Å²) in [7, 11) is 5.09. The molecule has 0 amide bonds. The number of nitrogens with zero attached hydrogens (tertiary/aromatic N) is 1. The van der Waals surface area contributed by atoms with E-state index in [1.54, 1.807) is 30.6 Å². The molecule has 1 aliphatic carbocycles. The highest BCUT2D eigenvalue weighted by Gasteiger charge is 2.44. The molecule has 3 atom stereocenters. The minimum absolute atomic E-state index is 0.0531. The molecule has 0 spiro atoms. The second kappa shape index (κ2) is 7.44. The van der Waals surface area contributed by atoms with Gasteiger partial charge in [0.1, 0.15) is 5.82 Å². The Morgan fingerprint density at radius 3 is 2.56 bits per heavy atom. The van der Waals surface area contributed by atoms with Crippen molar-refractivity contribution < 1.29 is 18.7 Å². The first-order chi connectivity index (χ1) is 12.1. The fourth-order valence-corrected chi connectivity index (χ4v) is 4.65. The zero-order valence-electron chi connectivity index (χ0n) is 14.6. The Kier molecular flexibility index (Phi) is 5.27. The van der Waals surface area contributed by atoms with Crippen molar-refractivity contribution in [2.45, 2.75) is 24.8 Å². The highest BCUT2D eigenvalue weighted by atomic mass is 32.1. The van der Waals surface area contributed by atoms with Crippen LogP contribution in [0.4, 0.5) is 10.1 Å². The third-order valence-electron chi connectivity index (χ3n) is 5.08. The third-order valence-corrected chi connectivity index (χ3v) is 5.79. The van der Waals surface area contributed by atoms with Crippen LogP contribution in [0.1, 0.15) is 24.3 Å². The van der Waals surface area contributed by atoms with Crippen LogP contribution in [0, 0.1) is 11.7 Å². The van der Waals surface area contributed by atoms with Crippen molar-refractivity contribution in [2.24, 2.45) is 5.92 Å². The van der Waals surface area contributed by atoms with Crippen molar-refractivity contribution in [3.05, 3.63) is 46.4 Å². The van der Waals surface area contributed by atoms with E-state index in [0.29, 0.717) is 0 Å². The van der Waals surface area contributed by atoms with Crippen molar-refractivity contribution in [2.75, 3.05) is 26.2 Å². The maximum absolute atomic E-state index is 13.4. The van der Waals surface area contributed by atoms with Crippen LogP contribution in [0.3, 0.4) is 0 Å². The number of likely N-dealkylation sites (N-methyl/N-ethyl adjacent to an activating group) is 1. The average molecular weight is 363 g/mol. The van der Waals surface area contributed by atoms with E-state index in [1.165, 1.54) is 19.2 Å². The van der Waals surface area contributed by atoms with Gasteiger partial charge in [0.2, 0.25) is 0 Å². The molecule has 0 aliphatic heterocycles. The molecule has 0 radical (unpaired) electrons. The Bertz CT molecular complexity index is 731. The third kappa shape index (κ3) is 3.35. The summed E-state index contributed by atoms with van der Waals surface area (Å²) >= 11 is 1.58. The Morgan fingerprint density at radius 1 is 1.20 bits per heavy atom. The zero-order chi connectivity index (χ0) is 18.0. The Labute approximate surface area is 151 Å². The molecular formula is C19H22FNO3S. The van der Waals surface area contributed by atoms with Crippen LogP contribution in [0.2, 0.25) is 0 Å². The second-order valence-corrected chi connectivity index (χ2v) is 7.03. The molecule has 1 aliphatic rings. The summed E-state index contributed by atoms with van der Waals surface area (Å²) in [5.41, 5.74) is 1.97. The van der Waals surface area contributed by atoms with Crippen LogP contribution in [0.25, 0.3) is 0 Å². The number of hydrogen-bond donors (Lipinski definition) is 0. The number of anilines is 1. The van der Waals surface area contributed by atoms with Crippen LogP contribution in [-0.4, -0.2) is 33.3 Å². The minimum Gasteiger partial charge on any atom is -0.494 e. The lowest BCUT2D eigenvalue weighted by molar-refractivity contribution is -0.145. The number of hydrogen-bond acceptors (Lipinski definition) is 5. The van der Waals surface area contributed by atoms with Gasteiger partial charge in [-0.2, -0.15) is 0 Å². The predicted molar refractivity (Wildman–Crippen MR) is 96.9 cm³/mol. The molecule has 134 valence electrons. The molecular weight excluding hydrogens is 341 g/mol. The molecule has 0 bridgehead atoms. The molecule has 0 saturated heterocycles. The summed E-state index contributed by atoms with van der Waals surface area (Å²) in [6.45, 7) is 0. The topological polar surface area (TPSA) is 38.8 Å². The van der Waals surface area contributed by atoms with E-state index < -0.39 is 0 Å². The van der Waals surface area contributed by atoms with Gasteiger partial charge >= 0.3 is 5.97 Å². The van der Waals surface area contributed by atoms with Crippen molar-refractivity contribution >= 4 is 23.0 Å². The van der Waals surface area contributed by atoms with E-state index in [-0.39, 0.29) is 29.7 Å². The smallest absolute Gasteiger partial charge is 0.309 e. The number of ether oxygens (including phenoxy) is 2. The molecule has 25 heavy (non-hydrogen) atoms. The van der Waals surface area contributed by atoms with Gasteiger partial charge in [-0.15, -0.1) is 11.3 Å². The van der Waals surface area contributed by atoms with E-state index >= 15 is 0 Å². The van der Waals surface area contributed by atoms with Gasteiger partial charge in [0.25, 0.3) is 0 Å². The lowest BCUT2D eigenvalue weighted by Gasteiger charge is -2.33.